The molecule has 3 atom stereocenters. The number of carbonyl (C=O) groups excluding carboxylic acids is 2. The van der Waals surface area contributed by atoms with E-state index in [9.17, 15) is 14.0 Å². The van der Waals surface area contributed by atoms with Crippen LogP contribution in [0.5, 0.6) is 0 Å². The molecule has 31 heavy (non-hydrogen) atoms. The summed E-state index contributed by atoms with van der Waals surface area (Å²) in [5.41, 5.74) is 0.0268. The third-order valence-electron chi connectivity index (χ3n) is 6.39. The summed E-state index contributed by atoms with van der Waals surface area (Å²) in [5, 5.41) is 6.18. The van der Waals surface area contributed by atoms with E-state index in [1.165, 1.54) is 7.11 Å². The molecule has 1 unspecified atom stereocenters. The molecule has 164 valence electrons. The Morgan fingerprint density at radius 1 is 1.32 bits per heavy atom. The van der Waals surface area contributed by atoms with Gasteiger partial charge in [-0.05, 0) is 11.5 Å². The number of oxime groups is 1. The van der Waals surface area contributed by atoms with Gasteiger partial charge in [0.25, 0.3) is 0 Å². The summed E-state index contributed by atoms with van der Waals surface area (Å²) in [4.78, 5) is 35.6. The molecule has 1 saturated heterocycles. The molecule has 0 spiro atoms. The van der Waals surface area contributed by atoms with E-state index in [4.69, 9.17) is 14.3 Å². The van der Waals surface area contributed by atoms with Gasteiger partial charge >= 0.3 is 5.97 Å². The third kappa shape index (κ3) is 3.48. The van der Waals surface area contributed by atoms with E-state index in [0.717, 1.165) is 10.8 Å². The second kappa shape index (κ2) is 8.00. The van der Waals surface area contributed by atoms with Crippen molar-refractivity contribution >= 4 is 28.2 Å². The van der Waals surface area contributed by atoms with Crippen LogP contribution in [0.1, 0.15) is 38.8 Å². The Labute approximate surface area is 179 Å². The topological polar surface area (TPSA) is 87.1 Å². The molecule has 0 bridgehead atoms. The summed E-state index contributed by atoms with van der Waals surface area (Å²) in [7, 11) is 1.27. The highest BCUT2D eigenvalue weighted by Gasteiger charge is 2.55. The first-order chi connectivity index (χ1) is 14.8. The highest BCUT2D eigenvalue weighted by Crippen LogP contribution is 2.42. The van der Waals surface area contributed by atoms with Crippen LogP contribution in [-0.2, 0) is 23.9 Å². The number of benzene rings is 1. The van der Waals surface area contributed by atoms with E-state index in [1.54, 1.807) is 6.20 Å². The zero-order valence-electron chi connectivity index (χ0n) is 17.8. The molecule has 1 aromatic carbocycles. The number of pyridine rings is 1. The molecule has 4 rings (SSSR count). The summed E-state index contributed by atoms with van der Waals surface area (Å²) in [6, 6.07) is 9.71. The van der Waals surface area contributed by atoms with Crippen molar-refractivity contribution < 1.29 is 28.3 Å². The lowest BCUT2D eigenvalue weighted by atomic mass is 9.77. The second-order valence-electron chi connectivity index (χ2n) is 8.38. The van der Waals surface area contributed by atoms with Crippen LogP contribution in [0.15, 0.2) is 41.7 Å². The monoisotopic (exact) mass is 428 g/mol. The number of methoxy groups -OCH3 is 1. The van der Waals surface area contributed by atoms with Crippen molar-refractivity contribution in [1.29, 1.82) is 0 Å². The summed E-state index contributed by atoms with van der Waals surface area (Å²) in [5.74, 6) is -3.53. The van der Waals surface area contributed by atoms with Gasteiger partial charge in [0.2, 0.25) is 11.4 Å². The third-order valence-corrected chi connectivity index (χ3v) is 6.39. The van der Waals surface area contributed by atoms with E-state index in [-0.39, 0.29) is 31.0 Å². The largest absolute Gasteiger partial charge is 0.430 e. The predicted octanol–water partition coefficient (Wildman–Crippen LogP) is 3.59. The minimum Gasteiger partial charge on any atom is -0.430 e. The van der Waals surface area contributed by atoms with Crippen LogP contribution >= 0.6 is 0 Å². The Morgan fingerprint density at radius 3 is 2.81 bits per heavy atom. The number of cyclic esters (lactones) is 1. The maximum atomic E-state index is 13.7. The Bertz CT molecular complexity index is 1040. The summed E-state index contributed by atoms with van der Waals surface area (Å²) >= 11 is 0. The number of hydrogen-bond donors (Lipinski definition) is 0. The number of hydrogen-bond acceptors (Lipinski definition) is 7. The van der Waals surface area contributed by atoms with Crippen molar-refractivity contribution in [1.82, 2.24) is 4.98 Å². The van der Waals surface area contributed by atoms with Gasteiger partial charge in [0.05, 0.1) is 12.1 Å². The average molecular weight is 428 g/mol. The van der Waals surface area contributed by atoms with Gasteiger partial charge in [-0.1, -0.05) is 43.3 Å². The molecule has 0 radical (unpaired) electrons. The summed E-state index contributed by atoms with van der Waals surface area (Å²) < 4.78 is 24.0. The lowest BCUT2D eigenvalue weighted by Crippen LogP contribution is -2.48. The van der Waals surface area contributed by atoms with Crippen LogP contribution in [0.25, 0.3) is 10.8 Å². The highest BCUT2D eigenvalue weighted by molar-refractivity contribution is 6.12. The van der Waals surface area contributed by atoms with Gasteiger partial charge < -0.3 is 14.3 Å². The number of nitrogens with zero attached hydrogens (tertiary/aromatic N) is 2. The van der Waals surface area contributed by atoms with Crippen molar-refractivity contribution in [2.24, 2.45) is 17.0 Å². The maximum absolute atomic E-state index is 13.7. The number of rotatable bonds is 7. The molecule has 0 saturated carbocycles. The van der Waals surface area contributed by atoms with Crippen molar-refractivity contribution in [2.45, 2.75) is 44.5 Å². The van der Waals surface area contributed by atoms with Crippen molar-refractivity contribution in [3.63, 3.8) is 0 Å². The van der Waals surface area contributed by atoms with E-state index >= 15 is 0 Å². The molecular weight excluding hydrogens is 403 g/mol. The van der Waals surface area contributed by atoms with Gasteiger partial charge in [0, 0.05) is 43.4 Å². The fourth-order valence-corrected chi connectivity index (χ4v) is 4.41. The van der Waals surface area contributed by atoms with Crippen LogP contribution in [0, 0.1) is 11.8 Å². The number of esters is 1. The van der Waals surface area contributed by atoms with Crippen LogP contribution in [0.4, 0.5) is 4.39 Å². The van der Waals surface area contributed by atoms with E-state index < -0.39 is 29.9 Å². The molecule has 2 aromatic rings. The van der Waals surface area contributed by atoms with E-state index in [1.807, 2.05) is 44.2 Å². The average Bonchev–Trinajstić information content (AvgIpc) is 3.36. The van der Waals surface area contributed by atoms with Gasteiger partial charge in [0.1, 0.15) is 5.71 Å². The number of ketones is 1. The minimum atomic E-state index is -1.73. The van der Waals surface area contributed by atoms with Gasteiger partial charge in [0.15, 0.2) is 12.5 Å². The zero-order chi connectivity index (χ0) is 22.2. The molecule has 1 fully saturated rings. The summed E-state index contributed by atoms with van der Waals surface area (Å²) in [6.45, 7) is 2.73. The molecular formula is C23H25FN2O5. The van der Waals surface area contributed by atoms with Crippen LogP contribution in [-0.4, -0.2) is 47.6 Å². The molecule has 8 heteroatoms. The SMILES string of the molecule is COC1(CF)OC(=O)C[C@@H]1CC(=O)[C@]1(C(C)C)CC(c2nccc3ccccc23)=NO1. The highest BCUT2D eigenvalue weighted by atomic mass is 19.1. The molecule has 7 nitrogen and oxygen atoms in total. The number of Topliss-reactive ketones (excluding diaryl/α,β-unsaturated/α-hetero) is 1. The molecule has 3 heterocycles. The lowest BCUT2D eigenvalue weighted by molar-refractivity contribution is -0.224. The number of fused-ring (bicyclic) bond motifs is 1. The number of alkyl halides is 1. The molecule has 0 N–H and O–H groups in total. The first-order valence-corrected chi connectivity index (χ1v) is 10.3. The van der Waals surface area contributed by atoms with Gasteiger partial charge in [-0.2, -0.15) is 0 Å². The smallest absolute Gasteiger partial charge is 0.308 e. The Kier molecular flexibility index (Phi) is 5.51. The van der Waals surface area contributed by atoms with Crippen LogP contribution in [0.2, 0.25) is 0 Å². The van der Waals surface area contributed by atoms with Crippen molar-refractivity contribution in [2.75, 3.05) is 13.8 Å². The fraction of sp³-hybridized carbons (Fsp3) is 0.478. The standard InChI is InChI=1S/C23H25FN2O5/c1-14(2)22(19(27)10-16-11-20(28)30-23(16,13-24)29-3)12-18(26-31-22)21-17-7-5-4-6-15(17)8-9-25-21/h4-9,14,16H,10-13H2,1-3H3/t16-,22+,23?/m0/s1. The first-order valence-electron chi connectivity index (χ1n) is 10.3. The Balaban J connectivity index is 1.61. The van der Waals surface area contributed by atoms with E-state index in [2.05, 4.69) is 10.1 Å². The maximum Gasteiger partial charge on any atom is 0.308 e. The van der Waals surface area contributed by atoms with Gasteiger partial charge in [-0.25, -0.2) is 4.39 Å². The van der Waals surface area contributed by atoms with Crippen LogP contribution in [0.3, 0.4) is 0 Å². The molecule has 0 amide bonds. The molecule has 2 aliphatic rings. The predicted molar refractivity (Wildman–Crippen MR) is 111 cm³/mol. The lowest BCUT2D eigenvalue weighted by Gasteiger charge is -2.33. The van der Waals surface area contributed by atoms with Crippen molar-refractivity contribution in [3.8, 4) is 0 Å². The second-order valence-corrected chi connectivity index (χ2v) is 8.38. The van der Waals surface area contributed by atoms with Gasteiger partial charge in [-0.15, -0.1) is 0 Å². The number of ether oxygens (including phenoxy) is 2. The molecule has 2 aliphatic heterocycles. The first kappa shape index (κ1) is 21.4. The summed E-state index contributed by atoms with van der Waals surface area (Å²) in [6.07, 6.45) is 1.73. The fourth-order valence-electron chi connectivity index (χ4n) is 4.41. The van der Waals surface area contributed by atoms with Gasteiger partial charge in [-0.3, -0.25) is 14.6 Å². The van der Waals surface area contributed by atoms with E-state index in [0.29, 0.717) is 11.4 Å². The minimum absolute atomic E-state index is 0.0870. The molecule has 1 aromatic heterocycles. The zero-order valence-corrected chi connectivity index (χ0v) is 17.8. The number of aromatic nitrogens is 1. The Morgan fingerprint density at radius 2 is 2.10 bits per heavy atom. The number of carbonyl (C=O) groups is 2. The Hall–Kier alpha value is -2.87. The number of halogens is 1. The van der Waals surface area contributed by atoms with Crippen molar-refractivity contribution in [3.05, 3.63) is 42.2 Å². The normalized spacial score (nSPS) is 28.0. The van der Waals surface area contributed by atoms with Crippen LogP contribution < -0.4 is 0 Å². The quantitative estimate of drug-likeness (QED) is 0.627. The molecule has 0 aliphatic carbocycles.